The van der Waals surface area contributed by atoms with Crippen molar-refractivity contribution < 1.29 is 9.53 Å². The number of ether oxygens (including phenoxy) is 1. The Morgan fingerprint density at radius 3 is 2.33 bits per heavy atom. The van der Waals surface area contributed by atoms with Crippen LogP contribution in [0.25, 0.3) is 0 Å². The topological polar surface area (TPSA) is 50.4 Å². The normalized spacial score (nSPS) is 30.6. The Hall–Kier alpha value is -0.770. The summed E-state index contributed by atoms with van der Waals surface area (Å²) < 4.78 is 5.11. The van der Waals surface area contributed by atoms with Gasteiger partial charge in [-0.05, 0) is 39.0 Å². The van der Waals surface area contributed by atoms with Crippen molar-refractivity contribution in [1.82, 2.24) is 10.9 Å². The first kappa shape index (κ1) is 12.3. The summed E-state index contributed by atoms with van der Waals surface area (Å²) in [5, 5.41) is 0. The van der Waals surface area contributed by atoms with Crippen LogP contribution in [0.4, 0.5) is 4.79 Å². The van der Waals surface area contributed by atoms with E-state index in [1.807, 2.05) is 20.8 Å². The lowest BCUT2D eigenvalue weighted by atomic mass is 9.72. The van der Waals surface area contributed by atoms with Crippen molar-refractivity contribution in [3.63, 3.8) is 0 Å². The van der Waals surface area contributed by atoms with Gasteiger partial charge in [0.25, 0.3) is 0 Å². The van der Waals surface area contributed by atoms with Crippen molar-refractivity contribution in [3.8, 4) is 0 Å². The summed E-state index contributed by atoms with van der Waals surface area (Å²) in [5.74, 6) is 1.35. The summed E-state index contributed by atoms with van der Waals surface area (Å²) in [4.78, 5) is 11.3. The molecule has 1 saturated carbocycles. The van der Waals surface area contributed by atoms with Gasteiger partial charge in [-0.2, -0.15) is 0 Å². The van der Waals surface area contributed by atoms with Crippen LogP contribution in [0.15, 0.2) is 0 Å². The highest BCUT2D eigenvalue weighted by Crippen LogP contribution is 2.33. The van der Waals surface area contributed by atoms with E-state index in [-0.39, 0.29) is 0 Å². The average molecular weight is 214 g/mol. The van der Waals surface area contributed by atoms with Gasteiger partial charge in [0, 0.05) is 6.04 Å². The molecule has 1 aliphatic rings. The van der Waals surface area contributed by atoms with E-state index >= 15 is 0 Å². The van der Waals surface area contributed by atoms with Crippen LogP contribution in [-0.4, -0.2) is 17.7 Å². The van der Waals surface area contributed by atoms with Crippen LogP contribution < -0.4 is 10.9 Å². The summed E-state index contributed by atoms with van der Waals surface area (Å²) in [6.45, 7) is 9.95. The predicted octanol–water partition coefficient (Wildman–Crippen LogP) is 2.06. The molecule has 2 N–H and O–H groups in total. The van der Waals surface area contributed by atoms with Crippen LogP contribution in [-0.2, 0) is 4.74 Å². The molecule has 3 atom stereocenters. The van der Waals surface area contributed by atoms with Gasteiger partial charge in [0.05, 0.1) is 0 Å². The van der Waals surface area contributed by atoms with Crippen molar-refractivity contribution in [3.05, 3.63) is 0 Å². The zero-order valence-corrected chi connectivity index (χ0v) is 10.3. The zero-order chi connectivity index (χ0) is 11.6. The molecule has 15 heavy (non-hydrogen) atoms. The Labute approximate surface area is 91.7 Å². The van der Waals surface area contributed by atoms with Gasteiger partial charge in [0.1, 0.15) is 5.60 Å². The highest BCUT2D eigenvalue weighted by atomic mass is 16.6. The largest absolute Gasteiger partial charge is 0.443 e. The van der Waals surface area contributed by atoms with Gasteiger partial charge < -0.3 is 4.74 Å². The molecule has 88 valence electrons. The Kier molecular flexibility index (Phi) is 3.60. The highest BCUT2D eigenvalue weighted by molar-refractivity contribution is 5.67. The summed E-state index contributed by atoms with van der Waals surface area (Å²) in [6, 6.07) is 0.382. The second-order valence-electron chi connectivity index (χ2n) is 5.45. The van der Waals surface area contributed by atoms with E-state index in [4.69, 9.17) is 4.74 Å². The third-order valence-corrected chi connectivity index (χ3v) is 2.92. The maximum atomic E-state index is 11.3. The maximum Gasteiger partial charge on any atom is 0.422 e. The summed E-state index contributed by atoms with van der Waals surface area (Å²) in [6.07, 6.45) is 0.700. The van der Waals surface area contributed by atoms with E-state index in [9.17, 15) is 4.79 Å². The Bertz CT molecular complexity index is 235. The molecule has 4 heteroatoms. The smallest absolute Gasteiger partial charge is 0.422 e. The van der Waals surface area contributed by atoms with Crippen molar-refractivity contribution in [1.29, 1.82) is 0 Å². The van der Waals surface area contributed by atoms with Crippen LogP contribution in [0, 0.1) is 11.8 Å². The van der Waals surface area contributed by atoms with Crippen molar-refractivity contribution >= 4 is 6.09 Å². The minimum atomic E-state index is -0.440. The number of hydrogen-bond donors (Lipinski definition) is 2. The molecule has 1 aliphatic carbocycles. The minimum absolute atomic E-state index is 0.382. The summed E-state index contributed by atoms with van der Waals surface area (Å²) in [5.41, 5.74) is 5.14. The molecule has 1 fully saturated rings. The Balaban J connectivity index is 2.18. The maximum absolute atomic E-state index is 11.3. The van der Waals surface area contributed by atoms with E-state index in [1.54, 1.807) is 0 Å². The lowest BCUT2D eigenvalue weighted by Gasteiger charge is -2.41. The molecule has 0 saturated heterocycles. The van der Waals surface area contributed by atoms with E-state index in [2.05, 4.69) is 24.7 Å². The number of hydrazine groups is 1. The Morgan fingerprint density at radius 2 is 1.93 bits per heavy atom. The molecular weight excluding hydrogens is 192 g/mol. The quantitative estimate of drug-likeness (QED) is 0.692. The SMILES string of the molecule is CC1CC(NNC(=O)OC(C)(C)C)C1C. The van der Waals surface area contributed by atoms with Crippen molar-refractivity contribution in [2.75, 3.05) is 0 Å². The fourth-order valence-electron chi connectivity index (χ4n) is 1.68. The first-order valence-electron chi connectivity index (χ1n) is 5.54. The minimum Gasteiger partial charge on any atom is -0.443 e. The van der Waals surface area contributed by atoms with Gasteiger partial charge in [-0.25, -0.2) is 10.2 Å². The number of nitrogens with one attached hydrogen (secondary N) is 2. The van der Waals surface area contributed by atoms with Gasteiger partial charge in [-0.3, -0.25) is 5.43 Å². The molecule has 4 nitrogen and oxygen atoms in total. The fraction of sp³-hybridized carbons (Fsp3) is 0.909. The summed E-state index contributed by atoms with van der Waals surface area (Å²) in [7, 11) is 0. The van der Waals surface area contributed by atoms with Crippen LogP contribution in [0.5, 0.6) is 0 Å². The molecule has 0 aromatic heterocycles. The molecule has 0 spiro atoms. The summed E-state index contributed by atoms with van der Waals surface area (Å²) >= 11 is 0. The first-order chi connectivity index (χ1) is 6.79. The molecule has 0 radical (unpaired) electrons. The van der Waals surface area contributed by atoms with Crippen LogP contribution in [0.3, 0.4) is 0 Å². The third-order valence-electron chi connectivity index (χ3n) is 2.92. The third kappa shape index (κ3) is 3.70. The van der Waals surface area contributed by atoms with Crippen LogP contribution in [0.2, 0.25) is 0 Å². The van der Waals surface area contributed by atoms with Crippen molar-refractivity contribution in [2.45, 2.75) is 52.7 Å². The molecule has 0 aliphatic heterocycles. The van der Waals surface area contributed by atoms with E-state index in [0.29, 0.717) is 12.0 Å². The van der Waals surface area contributed by atoms with Crippen LogP contribution in [0.1, 0.15) is 41.0 Å². The molecule has 3 unspecified atom stereocenters. The zero-order valence-electron chi connectivity index (χ0n) is 10.3. The molecule has 0 heterocycles. The molecule has 0 aromatic rings. The monoisotopic (exact) mass is 214 g/mol. The predicted molar refractivity (Wildman–Crippen MR) is 59.2 cm³/mol. The van der Waals surface area contributed by atoms with Crippen LogP contribution >= 0.6 is 0 Å². The standard InChI is InChI=1S/C11H22N2O2/c1-7-6-9(8(7)2)12-13-10(14)15-11(3,4)5/h7-9,12H,6H2,1-5H3,(H,13,14). The highest BCUT2D eigenvalue weighted by Gasteiger charge is 2.34. The molecule has 1 rings (SSSR count). The number of hydrogen-bond acceptors (Lipinski definition) is 3. The van der Waals surface area contributed by atoms with Crippen molar-refractivity contribution in [2.24, 2.45) is 11.8 Å². The lowest BCUT2D eigenvalue weighted by molar-refractivity contribution is 0.0422. The van der Waals surface area contributed by atoms with Gasteiger partial charge in [0.15, 0.2) is 0 Å². The second-order valence-corrected chi connectivity index (χ2v) is 5.45. The number of carbonyl (C=O) groups is 1. The fourth-order valence-corrected chi connectivity index (χ4v) is 1.68. The second kappa shape index (κ2) is 4.39. The number of carbonyl (C=O) groups excluding carboxylic acids is 1. The number of amides is 1. The Morgan fingerprint density at radius 1 is 1.33 bits per heavy atom. The van der Waals surface area contributed by atoms with Gasteiger partial charge in [-0.15, -0.1) is 0 Å². The van der Waals surface area contributed by atoms with Gasteiger partial charge >= 0.3 is 6.09 Å². The molecule has 0 bridgehead atoms. The van der Waals surface area contributed by atoms with Gasteiger partial charge in [0.2, 0.25) is 0 Å². The molecular formula is C11H22N2O2. The van der Waals surface area contributed by atoms with E-state index < -0.39 is 11.7 Å². The lowest BCUT2D eigenvalue weighted by Crippen LogP contribution is -2.55. The molecule has 0 aromatic carbocycles. The average Bonchev–Trinajstić information content (AvgIpc) is 2.08. The van der Waals surface area contributed by atoms with E-state index in [1.165, 1.54) is 0 Å². The first-order valence-corrected chi connectivity index (χ1v) is 5.54. The van der Waals surface area contributed by atoms with Gasteiger partial charge in [-0.1, -0.05) is 13.8 Å². The molecule has 1 amide bonds. The van der Waals surface area contributed by atoms with E-state index in [0.717, 1.165) is 12.3 Å². The number of rotatable bonds is 2.